The Balaban J connectivity index is 1.87. The number of rotatable bonds is 4. The maximum Gasteiger partial charge on any atom is 0.416 e. The van der Waals surface area contributed by atoms with Crippen molar-refractivity contribution >= 4 is 6.21 Å². The molecular weight excluding hydrogens is 319 g/mol. The number of H-pyrrole nitrogens is 1. The highest BCUT2D eigenvalue weighted by molar-refractivity contribution is 5.85. The van der Waals surface area contributed by atoms with Crippen molar-refractivity contribution in [3.63, 3.8) is 0 Å². The van der Waals surface area contributed by atoms with Gasteiger partial charge in [0.05, 0.1) is 17.5 Å². The van der Waals surface area contributed by atoms with E-state index in [-0.39, 0.29) is 0 Å². The second-order valence-electron chi connectivity index (χ2n) is 5.16. The number of hydrogen-bond donors (Lipinski definition) is 1. The molecule has 2 aromatic heterocycles. The van der Waals surface area contributed by atoms with Gasteiger partial charge in [-0.2, -0.15) is 28.6 Å². The molecule has 0 spiro atoms. The highest BCUT2D eigenvalue weighted by Gasteiger charge is 2.29. The lowest BCUT2D eigenvalue weighted by molar-refractivity contribution is -0.137. The molecule has 0 aliphatic carbocycles. The van der Waals surface area contributed by atoms with E-state index >= 15 is 0 Å². The molecule has 0 atom stereocenters. The summed E-state index contributed by atoms with van der Waals surface area (Å²) in [6, 6.07) is 8.84. The van der Waals surface area contributed by atoms with E-state index in [9.17, 15) is 13.2 Å². The van der Waals surface area contributed by atoms with Crippen molar-refractivity contribution < 1.29 is 13.2 Å². The smallest absolute Gasteiger partial charge is 0.342 e. The SMILES string of the molecule is CN=Cc1n[nH]nc1-c1cccn1Cc1ccc(C(F)(F)F)cc1. The molecule has 0 amide bonds. The molecule has 3 rings (SSSR count). The summed E-state index contributed by atoms with van der Waals surface area (Å²) in [5.41, 5.74) is 2.15. The van der Waals surface area contributed by atoms with Crippen LogP contribution in [0.1, 0.15) is 16.8 Å². The van der Waals surface area contributed by atoms with E-state index in [1.807, 2.05) is 22.9 Å². The van der Waals surface area contributed by atoms with Crippen LogP contribution in [0.4, 0.5) is 13.2 Å². The van der Waals surface area contributed by atoms with E-state index in [2.05, 4.69) is 20.4 Å². The van der Waals surface area contributed by atoms with Gasteiger partial charge in [-0.1, -0.05) is 12.1 Å². The second kappa shape index (κ2) is 6.31. The van der Waals surface area contributed by atoms with E-state index in [1.165, 1.54) is 12.1 Å². The summed E-state index contributed by atoms with van der Waals surface area (Å²) < 4.78 is 39.8. The largest absolute Gasteiger partial charge is 0.416 e. The van der Waals surface area contributed by atoms with Crippen LogP contribution in [0, 0.1) is 0 Å². The minimum absolute atomic E-state index is 0.427. The molecular formula is C16H14F3N5. The number of nitrogens with one attached hydrogen (secondary N) is 1. The van der Waals surface area contributed by atoms with E-state index in [4.69, 9.17) is 0 Å². The molecule has 5 nitrogen and oxygen atoms in total. The summed E-state index contributed by atoms with van der Waals surface area (Å²) in [5, 5.41) is 10.7. The molecule has 124 valence electrons. The Morgan fingerprint density at radius 2 is 1.92 bits per heavy atom. The van der Waals surface area contributed by atoms with Crippen LogP contribution in [0.25, 0.3) is 11.4 Å². The van der Waals surface area contributed by atoms with Gasteiger partial charge < -0.3 is 4.57 Å². The van der Waals surface area contributed by atoms with Gasteiger partial charge in [0.25, 0.3) is 0 Å². The zero-order valence-corrected chi connectivity index (χ0v) is 12.7. The maximum atomic E-state index is 12.6. The minimum Gasteiger partial charge on any atom is -0.342 e. The third-order valence-electron chi connectivity index (χ3n) is 3.53. The molecule has 0 bridgehead atoms. The fourth-order valence-corrected chi connectivity index (χ4v) is 2.40. The summed E-state index contributed by atoms with van der Waals surface area (Å²) in [6.07, 6.45) is -0.894. The van der Waals surface area contributed by atoms with Crippen LogP contribution in [0.5, 0.6) is 0 Å². The quantitative estimate of drug-likeness (QED) is 0.744. The molecule has 2 heterocycles. The summed E-state index contributed by atoms with van der Waals surface area (Å²) in [5.74, 6) is 0. The number of hydrogen-bond acceptors (Lipinski definition) is 3. The van der Waals surface area contributed by atoms with Crippen LogP contribution in [-0.2, 0) is 12.7 Å². The van der Waals surface area contributed by atoms with Crippen LogP contribution in [0.3, 0.4) is 0 Å². The average Bonchev–Trinajstić information content (AvgIpc) is 3.16. The number of aromatic amines is 1. The molecule has 3 aromatic rings. The lowest BCUT2D eigenvalue weighted by Gasteiger charge is -2.10. The Morgan fingerprint density at radius 3 is 2.58 bits per heavy atom. The van der Waals surface area contributed by atoms with E-state index in [0.29, 0.717) is 17.9 Å². The lowest BCUT2D eigenvalue weighted by atomic mass is 10.1. The molecule has 1 N–H and O–H groups in total. The standard InChI is InChI=1S/C16H14F3N5/c1-20-9-13-15(22-23-21-13)14-3-2-8-24(14)10-11-4-6-12(7-5-11)16(17,18)19/h2-9H,10H2,1H3,(H,21,22,23). The highest BCUT2D eigenvalue weighted by Crippen LogP contribution is 2.29. The Morgan fingerprint density at radius 1 is 1.17 bits per heavy atom. The third-order valence-corrected chi connectivity index (χ3v) is 3.53. The number of alkyl halides is 3. The topological polar surface area (TPSA) is 58.9 Å². The predicted molar refractivity (Wildman–Crippen MR) is 83.9 cm³/mol. The first-order chi connectivity index (χ1) is 11.5. The van der Waals surface area contributed by atoms with Crippen LogP contribution in [0.2, 0.25) is 0 Å². The number of halogens is 3. The van der Waals surface area contributed by atoms with Gasteiger partial charge >= 0.3 is 6.18 Å². The summed E-state index contributed by atoms with van der Waals surface area (Å²) in [7, 11) is 1.64. The second-order valence-corrected chi connectivity index (χ2v) is 5.16. The van der Waals surface area contributed by atoms with Crippen molar-refractivity contribution in [1.82, 2.24) is 20.0 Å². The Labute approximate surface area is 135 Å². The summed E-state index contributed by atoms with van der Waals surface area (Å²) in [6.45, 7) is 0.427. The third kappa shape index (κ3) is 3.22. The zero-order chi connectivity index (χ0) is 17.2. The predicted octanol–water partition coefficient (Wildman–Crippen LogP) is 3.39. The van der Waals surface area contributed by atoms with Crippen LogP contribution < -0.4 is 0 Å². The van der Waals surface area contributed by atoms with Gasteiger partial charge in [-0.15, -0.1) is 0 Å². The first-order valence-electron chi connectivity index (χ1n) is 7.13. The van der Waals surface area contributed by atoms with Crippen molar-refractivity contribution in [3.05, 3.63) is 59.4 Å². The molecule has 0 unspecified atom stereocenters. The van der Waals surface area contributed by atoms with Crippen molar-refractivity contribution in [1.29, 1.82) is 0 Å². The summed E-state index contributed by atoms with van der Waals surface area (Å²) >= 11 is 0. The molecule has 0 saturated heterocycles. The van der Waals surface area contributed by atoms with Crippen LogP contribution >= 0.6 is 0 Å². The highest BCUT2D eigenvalue weighted by atomic mass is 19.4. The van der Waals surface area contributed by atoms with Gasteiger partial charge in [0, 0.05) is 19.8 Å². The van der Waals surface area contributed by atoms with Crippen molar-refractivity contribution in [3.8, 4) is 11.4 Å². The zero-order valence-electron chi connectivity index (χ0n) is 12.7. The number of nitrogens with zero attached hydrogens (tertiary/aromatic N) is 4. The number of aliphatic imine (C=N–C) groups is 1. The average molecular weight is 333 g/mol. The van der Waals surface area contributed by atoms with Gasteiger partial charge in [0.15, 0.2) is 0 Å². The monoisotopic (exact) mass is 333 g/mol. The van der Waals surface area contributed by atoms with Crippen LogP contribution in [0.15, 0.2) is 47.6 Å². The van der Waals surface area contributed by atoms with Crippen LogP contribution in [-0.4, -0.2) is 33.2 Å². The first kappa shape index (κ1) is 16.0. The van der Waals surface area contributed by atoms with Crippen molar-refractivity contribution in [2.75, 3.05) is 7.05 Å². The molecule has 0 saturated carbocycles. The minimum atomic E-state index is -4.33. The van der Waals surface area contributed by atoms with E-state index < -0.39 is 11.7 Å². The van der Waals surface area contributed by atoms with Crippen molar-refractivity contribution in [2.24, 2.45) is 4.99 Å². The summed E-state index contributed by atoms with van der Waals surface area (Å²) in [4.78, 5) is 3.93. The lowest BCUT2D eigenvalue weighted by Crippen LogP contribution is -2.06. The number of aromatic nitrogens is 4. The van der Waals surface area contributed by atoms with Gasteiger partial charge in [-0.25, -0.2) is 0 Å². The molecule has 8 heteroatoms. The Bertz CT molecular complexity index is 843. The Hall–Kier alpha value is -2.90. The fourth-order valence-electron chi connectivity index (χ4n) is 2.40. The number of benzene rings is 1. The van der Waals surface area contributed by atoms with Gasteiger partial charge in [0.1, 0.15) is 11.4 Å². The van der Waals surface area contributed by atoms with E-state index in [0.717, 1.165) is 23.4 Å². The Kier molecular flexibility index (Phi) is 4.20. The van der Waals surface area contributed by atoms with E-state index in [1.54, 1.807) is 13.3 Å². The van der Waals surface area contributed by atoms with Crippen molar-refractivity contribution in [2.45, 2.75) is 12.7 Å². The molecule has 0 fully saturated rings. The maximum absolute atomic E-state index is 12.6. The van der Waals surface area contributed by atoms with Gasteiger partial charge in [0.2, 0.25) is 0 Å². The molecule has 0 radical (unpaired) electrons. The molecule has 1 aromatic carbocycles. The van der Waals surface area contributed by atoms with Gasteiger partial charge in [-0.05, 0) is 29.8 Å². The first-order valence-corrected chi connectivity index (χ1v) is 7.13. The molecule has 0 aliphatic rings. The molecule has 0 aliphatic heterocycles. The van der Waals surface area contributed by atoms with Gasteiger partial charge in [-0.3, -0.25) is 4.99 Å². The normalized spacial score (nSPS) is 12.2. The fraction of sp³-hybridized carbons (Fsp3) is 0.188. The molecule has 24 heavy (non-hydrogen) atoms.